The summed E-state index contributed by atoms with van der Waals surface area (Å²) in [7, 11) is 0. The van der Waals surface area contributed by atoms with Crippen LogP contribution in [-0.2, 0) is 0 Å². The molecule has 0 spiro atoms. The maximum atomic E-state index is 13.5. The van der Waals surface area contributed by atoms with Crippen molar-refractivity contribution in [1.29, 1.82) is 0 Å². The van der Waals surface area contributed by atoms with E-state index in [1.807, 2.05) is 0 Å². The summed E-state index contributed by atoms with van der Waals surface area (Å²) in [5.41, 5.74) is 1.95. The minimum atomic E-state index is -1.26. The van der Waals surface area contributed by atoms with Crippen molar-refractivity contribution in [3.8, 4) is 0 Å². The second-order valence-electron chi connectivity index (χ2n) is 4.79. The Morgan fingerprint density at radius 3 is 2.50 bits per heavy atom. The van der Waals surface area contributed by atoms with Gasteiger partial charge in [-0.1, -0.05) is 19.3 Å². The Hall–Kier alpha value is -1.76. The van der Waals surface area contributed by atoms with Crippen molar-refractivity contribution >= 4 is 11.6 Å². The van der Waals surface area contributed by atoms with Gasteiger partial charge in [-0.2, -0.15) is 0 Å². The van der Waals surface area contributed by atoms with Gasteiger partial charge in [-0.3, -0.25) is 5.43 Å². The number of hydrogen-bond donors (Lipinski definition) is 3. The van der Waals surface area contributed by atoms with E-state index in [1.165, 1.54) is 6.42 Å². The highest BCUT2D eigenvalue weighted by molar-refractivity contribution is 5.93. The Balaban J connectivity index is 2.15. The first kappa shape index (κ1) is 14.6. The summed E-state index contributed by atoms with van der Waals surface area (Å²) in [6, 6.07) is 1.42. The van der Waals surface area contributed by atoms with Crippen molar-refractivity contribution in [2.75, 3.05) is 5.32 Å². The zero-order chi connectivity index (χ0) is 14.5. The number of aliphatic imine (C=N–C) groups is 1. The van der Waals surface area contributed by atoms with Crippen molar-refractivity contribution in [3.05, 3.63) is 29.6 Å². The molecule has 7 heteroatoms. The fraction of sp³-hybridized carbons (Fsp3) is 0.462. The number of rotatable bonds is 2. The number of hydrogen-bond acceptors (Lipinski definition) is 2. The second kappa shape index (κ2) is 6.60. The number of nitrogens with zero attached hydrogens (tertiary/aromatic N) is 1. The molecule has 1 aromatic rings. The number of hydrazine groups is 1. The molecule has 0 unspecified atom stereocenters. The van der Waals surface area contributed by atoms with Gasteiger partial charge in [0.15, 0.2) is 11.6 Å². The zero-order valence-electron chi connectivity index (χ0n) is 10.9. The Morgan fingerprint density at radius 2 is 1.85 bits per heavy atom. The predicted molar refractivity (Wildman–Crippen MR) is 71.6 cm³/mol. The maximum Gasteiger partial charge on any atom is 0.210 e. The Morgan fingerprint density at radius 1 is 1.15 bits per heavy atom. The van der Waals surface area contributed by atoms with E-state index >= 15 is 0 Å². The normalized spacial score (nSPS) is 17.1. The molecule has 2 rings (SSSR count). The number of halogens is 3. The summed E-state index contributed by atoms with van der Waals surface area (Å²) in [5.74, 6) is 2.10. The Kier molecular flexibility index (Phi) is 4.84. The van der Waals surface area contributed by atoms with Gasteiger partial charge in [0.2, 0.25) is 5.96 Å². The van der Waals surface area contributed by atoms with E-state index < -0.39 is 17.5 Å². The highest BCUT2D eigenvalue weighted by Crippen LogP contribution is 2.22. The Bertz CT molecular complexity index is 499. The molecule has 1 fully saturated rings. The van der Waals surface area contributed by atoms with Crippen LogP contribution in [0.15, 0.2) is 17.1 Å². The molecular weight excluding hydrogens is 269 g/mol. The van der Waals surface area contributed by atoms with E-state index in [2.05, 4.69) is 15.7 Å². The first-order chi connectivity index (χ1) is 9.60. The maximum absolute atomic E-state index is 13.5. The summed E-state index contributed by atoms with van der Waals surface area (Å²) < 4.78 is 39.7. The van der Waals surface area contributed by atoms with Crippen LogP contribution in [0, 0.1) is 17.5 Å². The molecule has 1 aromatic carbocycles. The van der Waals surface area contributed by atoms with Gasteiger partial charge in [0.05, 0.1) is 11.7 Å². The van der Waals surface area contributed by atoms with Gasteiger partial charge in [0.1, 0.15) is 5.82 Å². The molecule has 0 atom stereocenters. The van der Waals surface area contributed by atoms with Gasteiger partial charge in [0, 0.05) is 12.1 Å². The van der Waals surface area contributed by atoms with Crippen LogP contribution in [-0.4, -0.2) is 12.0 Å². The average molecular weight is 286 g/mol. The third kappa shape index (κ3) is 3.63. The SMILES string of the molecule is NNC(=NC1CCCCC1)Nc1cc(F)cc(F)c1F. The summed E-state index contributed by atoms with van der Waals surface area (Å²) in [5, 5.41) is 2.48. The quantitative estimate of drug-likeness (QED) is 0.257. The fourth-order valence-corrected chi connectivity index (χ4v) is 2.27. The van der Waals surface area contributed by atoms with Crippen LogP contribution in [0.3, 0.4) is 0 Å². The van der Waals surface area contributed by atoms with Crippen LogP contribution in [0.1, 0.15) is 32.1 Å². The van der Waals surface area contributed by atoms with Crippen LogP contribution < -0.4 is 16.6 Å². The first-order valence-corrected chi connectivity index (χ1v) is 6.56. The van der Waals surface area contributed by atoms with E-state index in [-0.39, 0.29) is 17.7 Å². The molecule has 0 saturated heterocycles. The zero-order valence-corrected chi connectivity index (χ0v) is 10.9. The minimum absolute atomic E-state index is 0.0868. The second-order valence-corrected chi connectivity index (χ2v) is 4.79. The molecule has 0 bridgehead atoms. The lowest BCUT2D eigenvalue weighted by Gasteiger charge is -2.19. The summed E-state index contributed by atoms with van der Waals surface area (Å²) in [6.07, 6.45) is 5.18. The molecular formula is C13H17F3N4. The number of guanidine groups is 1. The lowest BCUT2D eigenvalue weighted by molar-refractivity contribution is 0.442. The molecule has 1 aliphatic rings. The van der Waals surface area contributed by atoms with E-state index in [1.54, 1.807) is 0 Å². The molecule has 4 nitrogen and oxygen atoms in total. The molecule has 110 valence electrons. The number of nitrogens with one attached hydrogen (secondary N) is 2. The molecule has 0 heterocycles. The third-order valence-electron chi connectivity index (χ3n) is 3.27. The monoisotopic (exact) mass is 286 g/mol. The van der Waals surface area contributed by atoms with Crippen LogP contribution in [0.4, 0.5) is 18.9 Å². The number of benzene rings is 1. The number of anilines is 1. The molecule has 0 amide bonds. The van der Waals surface area contributed by atoms with Gasteiger partial charge in [0.25, 0.3) is 0 Å². The highest BCUT2D eigenvalue weighted by atomic mass is 19.2. The van der Waals surface area contributed by atoms with Gasteiger partial charge in [-0.15, -0.1) is 0 Å². The number of nitrogens with two attached hydrogens (primary N) is 1. The highest BCUT2D eigenvalue weighted by Gasteiger charge is 2.15. The standard InChI is InChI=1S/C13H17F3N4/c14-8-6-10(15)12(16)11(7-8)19-13(20-17)18-9-4-2-1-3-5-9/h6-7,9H,1-5,17H2,(H2,18,19,20). The lowest BCUT2D eigenvalue weighted by atomic mass is 9.96. The van der Waals surface area contributed by atoms with Crippen molar-refractivity contribution < 1.29 is 13.2 Å². The average Bonchev–Trinajstić information content (AvgIpc) is 2.44. The molecule has 4 N–H and O–H groups in total. The minimum Gasteiger partial charge on any atom is -0.323 e. The first-order valence-electron chi connectivity index (χ1n) is 6.56. The molecule has 0 radical (unpaired) electrons. The molecule has 1 saturated carbocycles. The van der Waals surface area contributed by atoms with Crippen LogP contribution in [0.25, 0.3) is 0 Å². The van der Waals surface area contributed by atoms with E-state index in [4.69, 9.17) is 5.84 Å². The fourth-order valence-electron chi connectivity index (χ4n) is 2.27. The van der Waals surface area contributed by atoms with Gasteiger partial charge >= 0.3 is 0 Å². The summed E-state index contributed by atoms with van der Waals surface area (Å²) >= 11 is 0. The van der Waals surface area contributed by atoms with Gasteiger partial charge in [-0.05, 0) is 12.8 Å². The van der Waals surface area contributed by atoms with Crippen molar-refractivity contribution in [3.63, 3.8) is 0 Å². The van der Waals surface area contributed by atoms with Crippen LogP contribution >= 0.6 is 0 Å². The predicted octanol–water partition coefficient (Wildman–Crippen LogP) is 2.67. The van der Waals surface area contributed by atoms with E-state index in [9.17, 15) is 13.2 Å². The molecule has 1 aliphatic carbocycles. The summed E-state index contributed by atoms with van der Waals surface area (Å²) in [4.78, 5) is 4.31. The van der Waals surface area contributed by atoms with Crippen molar-refractivity contribution in [1.82, 2.24) is 5.43 Å². The topological polar surface area (TPSA) is 62.4 Å². The summed E-state index contributed by atoms with van der Waals surface area (Å²) in [6.45, 7) is 0. The largest absolute Gasteiger partial charge is 0.323 e. The lowest BCUT2D eigenvalue weighted by Crippen LogP contribution is -2.38. The third-order valence-corrected chi connectivity index (χ3v) is 3.27. The van der Waals surface area contributed by atoms with Crippen molar-refractivity contribution in [2.24, 2.45) is 10.8 Å². The smallest absolute Gasteiger partial charge is 0.210 e. The van der Waals surface area contributed by atoms with E-state index in [0.29, 0.717) is 6.07 Å². The van der Waals surface area contributed by atoms with Gasteiger partial charge in [-0.25, -0.2) is 24.0 Å². The van der Waals surface area contributed by atoms with Gasteiger partial charge < -0.3 is 5.32 Å². The van der Waals surface area contributed by atoms with E-state index in [0.717, 1.165) is 31.7 Å². The van der Waals surface area contributed by atoms with Crippen LogP contribution in [0.2, 0.25) is 0 Å². The Labute approximate surface area is 115 Å². The molecule has 0 aromatic heterocycles. The van der Waals surface area contributed by atoms with Crippen molar-refractivity contribution in [2.45, 2.75) is 38.1 Å². The van der Waals surface area contributed by atoms with Crippen LogP contribution in [0.5, 0.6) is 0 Å². The molecule has 0 aliphatic heterocycles. The molecule has 20 heavy (non-hydrogen) atoms.